The third kappa shape index (κ3) is 3.93. The van der Waals surface area contributed by atoms with Crippen molar-refractivity contribution in [1.29, 1.82) is 0 Å². The van der Waals surface area contributed by atoms with Crippen molar-refractivity contribution in [2.75, 3.05) is 6.54 Å². The predicted molar refractivity (Wildman–Crippen MR) is 102 cm³/mol. The molecule has 3 rings (SSSR count). The third-order valence-corrected chi connectivity index (χ3v) is 5.40. The van der Waals surface area contributed by atoms with Crippen LogP contribution in [0.25, 0.3) is 0 Å². The molecule has 0 aromatic heterocycles. The van der Waals surface area contributed by atoms with Crippen molar-refractivity contribution in [2.45, 2.75) is 52.5 Å². The minimum atomic E-state index is -0.943. The lowest BCUT2D eigenvalue weighted by Gasteiger charge is -2.43. The standard InChI is InChI=1S/C21H26N2O5/c1-13-9-20(3,4)12-21(10-13)18(26)23(19(27)22-21)11-17(25)28-16-7-5-15(6-8-16)14(2)24/h5-8,13H,9-12H2,1-4H3,(H,22,27)/t13-,21-/m1/s1. The molecule has 1 aliphatic carbocycles. The molecule has 1 aromatic carbocycles. The van der Waals surface area contributed by atoms with Crippen LogP contribution >= 0.6 is 0 Å². The summed E-state index contributed by atoms with van der Waals surface area (Å²) in [5.41, 5.74) is -0.512. The molecule has 1 aliphatic heterocycles. The number of Topliss-reactive ketones (excluding diaryl/α,β-unsaturated/α-hetero) is 1. The first-order chi connectivity index (χ1) is 13.0. The average molecular weight is 386 g/mol. The highest BCUT2D eigenvalue weighted by Gasteiger charge is 2.56. The summed E-state index contributed by atoms with van der Waals surface area (Å²) in [4.78, 5) is 50.0. The fourth-order valence-electron chi connectivity index (χ4n) is 4.70. The zero-order valence-electron chi connectivity index (χ0n) is 16.7. The number of nitrogens with one attached hydrogen (secondary N) is 1. The maximum atomic E-state index is 13.0. The van der Waals surface area contributed by atoms with E-state index in [1.807, 2.05) is 0 Å². The number of nitrogens with zero attached hydrogens (tertiary/aromatic N) is 1. The Labute approximate surface area is 164 Å². The number of imide groups is 1. The lowest BCUT2D eigenvalue weighted by molar-refractivity contribution is -0.142. The SMILES string of the molecule is CC(=O)c1ccc(OC(=O)CN2C(=O)N[C@@]3(C[C@H](C)CC(C)(C)C3)C2=O)cc1. The largest absolute Gasteiger partial charge is 0.425 e. The molecule has 1 heterocycles. The highest BCUT2D eigenvalue weighted by Crippen LogP contribution is 2.46. The number of ether oxygens (including phenoxy) is 1. The van der Waals surface area contributed by atoms with Gasteiger partial charge in [-0.15, -0.1) is 0 Å². The highest BCUT2D eigenvalue weighted by molar-refractivity contribution is 6.09. The summed E-state index contributed by atoms with van der Waals surface area (Å²) in [5, 5.41) is 2.84. The Bertz CT molecular complexity index is 830. The van der Waals surface area contributed by atoms with Gasteiger partial charge in [0.05, 0.1) is 0 Å². The van der Waals surface area contributed by atoms with Crippen LogP contribution in [-0.2, 0) is 9.59 Å². The molecule has 0 bridgehead atoms. The number of esters is 1. The van der Waals surface area contributed by atoms with Crippen molar-refractivity contribution in [1.82, 2.24) is 10.2 Å². The van der Waals surface area contributed by atoms with Crippen LogP contribution in [0.2, 0.25) is 0 Å². The molecule has 1 N–H and O–H groups in total. The monoisotopic (exact) mass is 386 g/mol. The van der Waals surface area contributed by atoms with Gasteiger partial charge in [0, 0.05) is 5.56 Å². The van der Waals surface area contributed by atoms with Crippen LogP contribution in [0.4, 0.5) is 4.79 Å². The summed E-state index contributed by atoms with van der Waals surface area (Å²) in [7, 11) is 0. The molecule has 7 heteroatoms. The van der Waals surface area contributed by atoms with Gasteiger partial charge in [-0.1, -0.05) is 20.8 Å². The van der Waals surface area contributed by atoms with E-state index < -0.39 is 24.1 Å². The van der Waals surface area contributed by atoms with Crippen LogP contribution in [0.1, 0.15) is 57.3 Å². The van der Waals surface area contributed by atoms with Crippen LogP contribution < -0.4 is 10.1 Å². The average Bonchev–Trinajstić information content (AvgIpc) is 2.77. The minimum absolute atomic E-state index is 0.0738. The maximum absolute atomic E-state index is 13.0. The van der Waals surface area contributed by atoms with Gasteiger partial charge in [-0.2, -0.15) is 0 Å². The fourth-order valence-corrected chi connectivity index (χ4v) is 4.70. The summed E-state index contributed by atoms with van der Waals surface area (Å²) in [5.74, 6) is -0.615. The van der Waals surface area contributed by atoms with Gasteiger partial charge in [0.25, 0.3) is 5.91 Å². The fraction of sp³-hybridized carbons (Fsp3) is 0.524. The van der Waals surface area contributed by atoms with Crippen molar-refractivity contribution < 1.29 is 23.9 Å². The highest BCUT2D eigenvalue weighted by atomic mass is 16.5. The van der Waals surface area contributed by atoms with Crippen LogP contribution in [0, 0.1) is 11.3 Å². The van der Waals surface area contributed by atoms with E-state index in [1.54, 1.807) is 12.1 Å². The first kappa shape index (κ1) is 20.0. The van der Waals surface area contributed by atoms with E-state index in [9.17, 15) is 19.2 Å². The van der Waals surface area contributed by atoms with E-state index in [4.69, 9.17) is 4.74 Å². The lowest BCUT2D eigenvalue weighted by atomic mass is 9.64. The van der Waals surface area contributed by atoms with Gasteiger partial charge in [0.2, 0.25) is 0 Å². The maximum Gasteiger partial charge on any atom is 0.331 e. The van der Waals surface area contributed by atoms with Gasteiger partial charge in [0.15, 0.2) is 5.78 Å². The van der Waals surface area contributed by atoms with Gasteiger partial charge < -0.3 is 10.1 Å². The van der Waals surface area contributed by atoms with Crippen LogP contribution in [0.3, 0.4) is 0 Å². The van der Waals surface area contributed by atoms with Gasteiger partial charge in [-0.25, -0.2) is 9.59 Å². The Hall–Kier alpha value is -2.70. The second kappa shape index (κ2) is 7.04. The Kier molecular flexibility index (Phi) is 5.04. The summed E-state index contributed by atoms with van der Waals surface area (Å²) in [6.45, 7) is 7.25. The summed E-state index contributed by atoms with van der Waals surface area (Å²) in [6.07, 6.45) is 2.10. The summed E-state index contributed by atoms with van der Waals surface area (Å²) >= 11 is 0. The van der Waals surface area contributed by atoms with Crippen molar-refractivity contribution in [3.8, 4) is 5.75 Å². The molecular weight excluding hydrogens is 360 g/mol. The molecular formula is C21H26N2O5. The van der Waals surface area contributed by atoms with E-state index in [0.29, 0.717) is 24.3 Å². The number of carbonyl (C=O) groups is 4. The number of rotatable bonds is 4. The molecule has 28 heavy (non-hydrogen) atoms. The summed E-state index contributed by atoms with van der Waals surface area (Å²) in [6, 6.07) is 5.57. The van der Waals surface area contributed by atoms with Gasteiger partial charge in [-0.05, 0) is 61.8 Å². The zero-order chi connectivity index (χ0) is 20.7. The van der Waals surface area contributed by atoms with Gasteiger partial charge >= 0.3 is 12.0 Å². The van der Waals surface area contributed by atoms with Crippen LogP contribution in [0.15, 0.2) is 24.3 Å². The predicted octanol–water partition coefficient (Wildman–Crippen LogP) is 2.93. The number of urea groups is 1. The van der Waals surface area contributed by atoms with Gasteiger partial charge in [-0.3, -0.25) is 14.5 Å². The Balaban J connectivity index is 1.68. The lowest BCUT2D eigenvalue weighted by Crippen LogP contribution is -2.54. The first-order valence-corrected chi connectivity index (χ1v) is 9.47. The minimum Gasteiger partial charge on any atom is -0.425 e. The number of benzene rings is 1. The Morgan fingerprint density at radius 3 is 2.39 bits per heavy atom. The van der Waals surface area contributed by atoms with E-state index >= 15 is 0 Å². The molecule has 3 amide bonds. The number of hydrogen-bond acceptors (Lipinski definition) is 5. The second-order valence-electron chi connectivity index (χ2n) is 8.81. The normalized spacial score (nSPS) is 26.3. The van der Waals surface area contributed by atoms with Crippen LogP contribution in [0.5, 0.6) is 5.75 Å². The number of amides is 3. The molecule has 2 aliphatic rings. The van der Waals surface area contributed by atoms with E-state index in [0.717, 1.165) is 11.3 Å². The molecule has 1 saturated heterocycles. The number of ketones is 1. The molecule has 150 valence electrons. The third-order valence-electron chi connectivity index (χ3n) is 5.40. The Morgan fingerprint density at radius 1 is 1.18 bits per heavy atom. The van der Waals surface area contributed by atoms with Crippen molar-refractivity contribution in [3.05, 3.63) is 29.8 Å². The van der Waals surface area contributed by atoms with E-state index in [-0.39, 0.29) is 22.9 Å². The molecule has 1 saturated carbocycles. The molecule has 2 atom stereocenters. The zero-order valence-corrected chi connectivity index (χ0v) is 16.7. The van der Waals surface area contributed by atoms with Crippen molar-refractivity contribution in [2.24, 2.45) is 11.3 Å². The van der Waals surface area contributed by atoms with E-state index in [2.05, 4.69) is 26.1 Å². The topological polar surface area (TPSA) is 92.8 Å². The van der Waals surface area contributed by atoms with Crippen molar-refractivity contribution >= 4 is 23.7 Å². The van der Waals surface area contributed by atoms with E-state index in [1.165, 1.54) is 19.1 Å². The molecule has 1 aromatic rings. The quantitative estimate of drug-likeness (QED) is 0.372. The second-order valence-corrected chi connectivity index (χ2v) is 8.81. The molecule has 1 spiro atoms. The van der Waals surface area contributed by atoms with Gasteiger partial charge in [0.1, 0.15) is 17.8 Å². The molecule has 0 unspecified atom stereocenters. The summed E-state index contributed by atoms with van der Waals surface area (Å²) < 4.78 is 5.22. The number of carbonyl (C=O) groups excluding carboxylic acids is 4. The smallest absolute Gasteiger partial charge is 0.331 e. The molecule has 7 nitrogen and oxygen atoms in total. The Morgan fingerprint density at radius 2 is 1.82 bits per heavy atom. The van der Waals surface area contributed by atoms with Crippen molar-refractivity contribution in [3.63, 3.8) is 0 Å². The van der Waals surface area contributed by atoms with Crippen LogP contribution in [-0.4, -0.2) is 40.7 Å². The molecule has 0 radical (unpaired) electrons. The molecule has 2 fully saturated rings. The first-order valence-electron chi connectivity index (χ1n) is 9.47. The number of hydrogen-bond donors (Lipinski definition) is 1.